The van der Waals surface area contributed by atoms with Crippen LogP contribution in [0.5, 0.6) is 5.75 Å². The molecule has 0 bridgehead atoms. The topological polar surface area (TPSA) is 50.4 Å². The second-order valence-electron chi connectivity index (χ2n) is 4.60. The fourth-order valence-electron chi connectivity index (χ4n) is 1.79. The molecule has 0 spiro atoms. The number of para-hydroxylation sites is 1. The van der Waals surface area contributed by atoms with Crippen molar-refractivity contribution >= 4 is 11.7 Å². The zero-order valence-electron chi connectivity index (χ0n) is 11.9. The zero-order chi connectivity index (χ0) is 15.2. The van der Waals surface area contributed by atoms with Crippen LogP contribution in [0.4, 0.5) is 14.9 Å². The molecule has 4 nitrogen and oxygen atoms in total. The average molecular weight is 288 g/mol. The van der Waals surface area contributed by atoms with Gasteiger partial charge in [0.15, 0.2) is 6.73 Å². The third kappa shape index (κ3) is 3.95. The van der Waals surface area contributed by atoms with Crippen molar-refractivity contribution in [3.8, 4) is 5.75 Å². The summed E-state index contributed by atoms with van der Waals surface area (Å²) in [7, 11) is 0. The first kappa shape index (κ1) is 14.8. The first-order valence-corrected chi connectivity index (χ1v) is 6.56. The van der Waals surface area contributed by atoms with Gasteiger partial charge in [0.2, 0.25) is 0 Å². The van der Waals surface area contributed by atoms with E-state index in [4.69, 9.17) is 4.74 Å². The minimum absolute atomic E-state index is 0.00454. The van der Waals surface area contributed by atoms with Gasteiger partial charge in [-0.1, -0.05) is 24.3 Å². The van der Waals surface area contributed by atoms with E-state index in [0.717, 1.165) is 11.1 Å². The molecule has 110 valence electrons. The van der Waals surface area contributed by atoms with E-state index in [0.29, 0.717) is 5.75 Å². The molecule has 0 unspecified atom stereocenters. The molecule has 21 heavy (non-hydrogen) atoms. The fourth-order valence-corrected chi connectivity index (χ4v) is 1.79. The minimum Gasteiger partial charge on any atom is -0.473 e. The van der Waals surface area contributed by atoms with Crippen molar-refractivity contribution in [3.05, 3.63) is 59.4 Å². The van der Waals surface area contributed by atoms with Crippen molar-refractivity contribution in [2.24, 2.45) is 0 Å². The SMILES string of the molecule is Cc1cccc(OCNC(=O)Nc2ccccc2F)c1C. The molecule has 0 saturated carbocycles. The largest absolute Gasteiger partial charge is 0.473 e. The van der Waals surface area contributed by atoms with Crippen LogP contribution in [-0.4, -0.2) is 12.8 Å². The Bertz CT molecular complexity index is 644. The molecule has 2 N–H and O–H groups in total. The van der Waals surface area contributed by atoms with Crippen molar-refractivity contribution in [1.82, 2.24) is 5.32 Å². The normalized spacial score (nSPS) is 10.0. The summed E-state index contributed by atoms with van der Waals surface area (Å²) in [6.45, 7) is 3.94. The molecule has 5 heteroatoms. The number of hydrogen-bond donors (Lipinski definition) is 2. The Morgan fingerprint density at radius 1 is 1.14 bits per heavy atom. The van der Waals surface area contributed by atoms with Crippen LogP contribution in [0.15, 0.2) is 42.5 Å². The number of carbonyl (C=O) groups is 1. The molecule has 0 atom stereocenters. The van der Waals surface area contributed by atoms with Gasteiger partial charge in [-0.15, -0.1) is 0 Å². The molecule has 2 rings (SSSR count). The van der Waals surface area contributed by atoms with Gasteiger partial charge >= 0.3 is 6.03 Å². The number of urea groups is 1. The first-order valence-electron chi connectivity index (χ1n) is 6.56. The Hall–Kier alpha value is -2.56. The molecule has 0 aliphatic heterocycles. The van der Waals surface area contributed by atoms with Gasteiger partial charge in [0.1, 0.15) is 11.6 Å². The second-order valence-corrected chi connectivity index (χ2v) is 4.60. The van der Waals surface area contributed by atoms with Gasteiger partial charge < -0.3 is 15.4 Å². The van der Waals surface area contributed by atoms with Crippen LogP contribution >= 0.6 is 0 Å². The van der Waals surface area contributed by atoms with Crippen LogP contribution in [-0.2, 0) is 0 Å². The summed E-state index contributed by atoms with van der Waals surface area (Å²) < 4.78 is 18.9. The highest BCUT2D eigenvalue weighted by Gasteiger charge is 2.06. The molecule has 0 heterocycles. The molecule has 2 aromatic rings. The Morgan fingerprint density at radius 3 is 2.67 bits per heavy atom. The van der Waals surface area contributed by atoms with Crippen LogP contribution in [0.1, 0.15) is 11.1 Å². The first-order chi connectivity index (χ1) is 10.1. The molecular weight excluding hydrogens is 271 g/mol. The monoisotopic (exact) mass is 288 g/mol. The average Bonchev–Trinajstić information content (AvgIpc) is 2.46. The lowest BCUT2D eigenvalue weighted by atomic mass is 10.1. The number of hydrogen-bond acceptors (Lipinski definition) is 2. The van der Waals surface area contributed by atoms with Gasteiger partial charge in [-0.05, 0) is 43.2 Å². The predicted molar refractivity (Wildman–Crippen MR) is 80.0 cm³/mol. The maximum absolute atomic E-state index is 13.4. The Labute approximate surface area is 122 Å². The second kappa shape index (κ2) is 6.74. The maximum Gasteiger partial charge on any atom is 0.321 e. The summed E-state index contributed by atoms with van der Waals surface area (Å²) in [4.78, 5) is 11.6. The van der Waals surface area contributed by atoms with Gasteiger partial charge in [-0.25, -0.2) is 9.18 Å². The van der Waals surface area contributed by atoms with E-state index < -0.39 is 11.8 Å². The third-order valence-electron chi connectivity index (χ3n) is 3.14. The van der Waals surface area contributed by atoms with Gasteiger partial charge in [-0.3, -0.25) is 0 Å². The molecule has 0 radical (unpaired) electrons. The van der Waals surface area contributed by atoms with Gasteiger partial charge in [-0.2, -0.15) is 0 Å². The van der Waals surface area contributed by atoms with E-state index in [1.165, 1.54) is 12.1 Å². The van der Waals surface area contributed by atoms with Crippen molar-refractivity contribution in [3.63, 3.8) is 0 Å². The third-order valence-corrected chi connectivity index (χ3v) is 3.14. The fraction of sp³-hybridized carbons (Fsp3) is 0.188. The van der Waals surface area contributed by atoms with Crippen LogP contribution in [0, 0.1) is 19.7 Å². The summed E-state index contributed by atoms with van der Waals surface area (Å²) in [6.07, 6.45) is 0. The van der Waals surface area contributed by atoms with E-state index in [2.05, 4.69) is 10.6 Å². The number of rotatable bonds is 4. The number of amides is 2. The lowest BCUT2D eigenvalue weighted by Gasteiger charge is -2.12. The van der Waals surface area contributed by atoms with E-state index in [1.807, 2.05) is 32.0 Å². The van der Waals surface area contributed by atoms with Crippen molar-refractivity contribution in [2.75, 3.05) is 12.0 Å². The van der Waals surface area contributed by atoms with E-state index in [1.54, 1.807) is 12.1 Å². The number of aryl methyl sites for hydroxylation is 1. The highest BCUT2D eigenvalue weighted by Crippen LogP contribution is 2.20. The lowest BCUT2D eigenvalue weighted by Crippen LogP contribution is -2.32. The number of benzene rings is 2. The van der Waals surface area contributed by atoms with E-state index in [-0.39, 0.29) is 12.4 Å². The molecule has 0 fully saturated rings. The van der Waals surface area contributed by atoms with Gasteiger partial charge in [0, 0.05) is 0 Å². The number of nitrogens with one attached hydrogen (secondary N) is 2. The summed E-state index contributed by atoms with van der Waals surface area (Å²) in [5.41, 5.74) is 2.26. The number of ether oxygens (including phenoxy) is 1. The zero-order valence-corrected chi connectivity index (χ0v) is 11.9. The van der Waals surface area contributed by atoms with Gasteiger partial charge in [0.25, 0.3) is 0 Å². The molecule has 0 aromatic heterocycles. The minimum atomic E-state index is -0.523. The maximum atomic E-state index is 13.4. The quantitative estimate of drug-likeness (QED) is 0.845. The molecule has 0 aliphatic rings. The van der Waals surface area contributed by atoms with E-state index >= 15 is 0 Å². The number of anilines is 1. The summed E-state index contributed by atoms with van der Waals surface area (Å²) in [5.74, 6) is 0.226. The lowest BCUT2D eigenvalue weighted by molar-refractivity contribution is 0.234. The summed E-state index contributed by atoms with van der Waals surface area (Å²) in [6, 6.07) is 11.2. The van der Waals surface area contributed by atoms with Crippen LogP contribution in [0.2, 0.25) is 0 Å². The predicted octanol–water partition coefficient (Wildman–Crippen LogP) is 3.60. The molecule has 2 aromatic carbocycles. The number of carbonyl (C=O) groups excluding carboxylic acids is 1. The standard InChI is InChI=1S/C16H17FN2O2/c1-11-6-5-9-15(12(11)2)21-10-18-16(20)19-14-8-4-3-7-13(14)17/h3-9H,10H2,1-2H3,(H2,18,19,20). The van der Waals surface area contributed by atoms with Gasteiger partial charge in [0.05, 0.1) is 5.69 Å². The summed E-state index contributed by atoms with van der Waals surface area (Å²) >= 11 is 0. The highest BCUT2D eigenvalue weighted by molar-refractivity contribution is 5.89. The highest BCUT2D eigenvalue weighted by atomic mass is 19.1. The molecule has 0 aliphatic carbocycles. The Balaban J connectivity index is 1.85. The van der Waals surface area contributed by atoms with Crippen LogP contribution < -0.4 is 15.4 Å². The van der Waals surface area contributed by atoms with Crippen molar-refractivity contribution in [2.45, 2.75) is 13.8 Å². The smallest absolute Gasteiger partial charge is 0.321 e. The molecular formula is C16H17FN2O2. The molecule has 0 saturated heterocycles. The Kier molecular flexibility index (Phi) is 4.77. The number of halogens is 1. The van der Waals surface area contributed by atoms with Crippen molar-refractivity contribution in [1.29, 1.82) is 0 Å². The van der Waals surface area contributed by atoms with Crippen molar-refractivity contribution < 1.29 is 13.9 Å². The van der Waals surface area contributed by atoms with E-state index in [9.17, 15) is 9.18 Å². The summed E-state index contributed by atoms with van der Waals surface area (Å²) in [5, 5.41) is 4.93. The molecule has 2 amide bonds. The van der Waals surface area contributed by atoms with Crippen LogP contribution in [0.25, 0.3) is 0 Å². The van der Waals surface area contributed by atoms with Crippen LogP contribution in [0.3, 0.4) is 0 Å². The Morgan fingerprint density at radius 2 is 1.90 bits per heavy atom.